The Balaban J connectivity index is 0.00000180. The molecule has 1 saturated heterocycles. The fourth-order valence-electron chi connectivity index (χ4n) is 1.96. The molecule has 2 rings (SSSR count). The zero-order valence-electron chi connectivity index (χ0n) is 10.9. The first kappa shape index (κ1) is 15.5. The summed E-state index contributed by atoms with van der Waals surface area (Å²) in [5, 5.41) is 3.19. The quantitative estimate of drug-likeness (QED) is 0.818. The fraction of sp³-hybridized carbons (Fsp3) is 0.500. The summed E-state index contributed by atoms with van der Waals surface area (Å²) in [6.45, 7) is 3.19. The number of piperazine rings is 1. The topological polar surface area (TPSA) is 68.4 Å². The molecule has 1 fully saturated rings. The Labute approximate surface area is 118 Å². The van der Waals surface area contributed by atoms with Crippen molar-refractivity contribution in [2.75, 3.05) is 39.8 Å². The maximum Gasteiger partial charge on any atom is 0.270 e. The first-order valence-corrected chi connectivity index (χ1v) is 6.06. The van der Waals surface area contributed by atoms with Gasteiger partial charge in [0.1, 0.15) is 5.69 Å². The number of nitrogens with one attached hydrogen (secondary N) is 2. The van der Waals surface area contributed by atoms with Crippen molar-refractivity contribution in [3.8, 4) is 0 Å². The lowest BCUT2D eigenvalue weighted by Crippen LogP contribution is -2.49. The van der Waals surface area contributed by atoms with Gasteiger partial charge < -0.3 is 20.1 Å². The highest BCUT2D eigenvalue weighted by Gasteiger charge is 2.20. The number of likely N-dealkylation sites (N-methyl/N-ethyl adjacent to an activating group) is 1. The summed E-state index contributed by atoms with van der Waals surface area (Å²) in [5.41, 5.74) is 0.505. The van der Waals surface area contributed by atoms with Gasteiger partial charge >= 0.3 is 0 Å². The van der Waals surface area contributed by atoms with Crippen LogP contribution in [0.5, 0.6) is 0 Å². The number of nitrogens with zero attached hydrogens (tertiary/aromatic N) is 2. The molecule has 0 radical (unpaired) electrons. The maximum absolute atomic E-state index is 12.0. The first-order chi connectivity index (χ1) is 8.68. The molecule has 7 heteroatoms. The van der Waals surface area contributed by atoms with Crippen LogP contribution in [0.2, 0.25) is 0 Å². The third-order valence-corrected chi connectivity index (χ3v) is 3.02. The van der Waals surface area contributed by atoms with Crippen molar-refractivity contribution >= 4 is 24.2 Å². The van der Waals surface area contributed by atoms with Crippen LogP contribution in [0.3, 0.4) is 0 Å². The van der Waals surface area contributed by atoms with Crippen molar-refractivity contribution in [3.63, 3.8) is 0 Å². The molecule has 106 valence electrons. The van der Waals surface area contributed by atoms with Gasteiger partial charge in [-0.3, -0.25) is 9.59 Å². The second kappa shape index (κ2) is 7.16. The number of hydrogen-bond acceptors (Lipinski definition) is 3. The standard InChI is InChI=1S/C12H18N4O2.ClH/c1-15(12(18)10-3-2-4-14-10)9-11(17)16-7-5-13-6-8-16;/h2-4,13-14H,5-9H2,1H3;1H. The van der Waals surface area contributed by atoms with E-state index in [1.807, 2.05) is 0 Å². The van der Waals surface area contributed by atoms with Crippen LogP contribution in [-0.4, -0.2) is 66.4 Å². The average molecular weight is 287 g/mol. The summed E-state index contributed by atoms with van der Waals surface area (Å²) < 4.78 is 0. The molecule has 1 aliphatic heterocycles. The minimum atomic E-state index is -0.163. The molecule has 2 amide bonds. The SMILES string of the molecule is CN(CC(=O)N1CCNCC1)C(=O)c1ccc[nH]1.Cl. The van der Waals surface area contributed by atoms with Crippen molar-refractivity contribution in [2.45, 2.75) is 0 Å². The van der Waals surface area contributed by atoms with Gasteiger partial charge in [-0.05, 0) is 12.1 Å². The summed E-state index contributed by atoms with van der Waals surface area (Å²) in [6.07, 6.45) is 1.69. The molecule has 6 nitrogen and oxygen atoms in total. The summed E-state index contributed by atoms with van der Waals surface area (Å²) in [6, 6.07) is 3.47. The van der Waals surface area contributed by atoms with E-state index in [1.165, 1.54) is 4.90 Å². The van der Waals surface area contributed by atoms with Crippen molar-refractivity contribution in [1.82, 2.24) is 20.1 Å². The monoisotopic (exact) mass is 286 g/mol. The van der Waals surface area contributed by atoms with Crippen LogP contribution in [-0.2, 0) is 4.79 Å². The molecule has 0 spiro atoms. The Morgan fingerprint density at radius 2 is 2.05 bits per heavy atom. The zero-order valence-corrected chi connectivity index (χ0v) is 11.7. The third kappa shape index (κ3) is 3.97. The molecule has 0 bridgehead atoms. The number of carbonyl (C=O) groups is 2. The van der Waals surface area contributed by atoms with Crippen LogP contribution < -0.4 is 5.32 Å². The highest BCUT2D eigenvalue weighted by molar-refractivity contribution is 5.94. The van der Waals surface area contributed by atoms with E-state index >= 15 is 0 Å². The van der Waals surface area contributed by atoms with E-state index in [2.05, 4.69) is 10.3 Å². The van der Waals surface area contributed by atoms with Gasteiger partial charge in [-0.15, -0.1) is 12.4 Å². The van der Waals surface area contributed by atoms with Crippen molar-refractivity contribution in [3.05, 3.63) is 24.0 Å². The number of hydrogen-bond donors (Lipinski definition) is 2. The van der Waals surface area contributed by atoms with Gasteiger partial charge in [0.05, 0.1) is 6.54 Å². The highest BCUT2D eigenvalue weighted by atomic mass is 35.5. The van der Waals surface area contributed by atoms with Crippen LogP contribution in [0.1, 0.15) is 10.5 Å². The zero-order chi connectivity index (χ0) is 13.0. The van der Waals surface area contributed by atoms with Gasteiger partial charge in [0.2, 0.25) is 5.91 Å². The number of aromatic nitrogens is 1. The first-order valence-electron chi connectivity index (χ1n) is 6.06. The van der Waals surface area contributed by atoms with Crippen molar-refractivity contribution in [2.24, 2.45) is 0 Å². The molecule has 0 aliphatic carbocycles. The molecular weight excluding hydrogens is 268 g/mol. The van der Waals surface area contributed by atoms with E-state index in [9.17, 15) is 9.59 Å². The molecule has 0 saturated carbocycles. The number of carbonyl (C=O) groups excluding carboxylic acids is 2. The van der Waals surface area contributed by atoms with Crippen LogP contribution in [0.25, 0.3) is 0 Å². The van der Waals surface area contributed by atoms with Gasteiger partial charge in [-0.2, -0.15) is 0 Å². The van der Waals surface area contributed by atoms with Crippen LogP contribution in [0, 0.1) is 0 Å². The Kier molecular flexibility index (Phi) is 5.85. The summed E-state index contributed by atoms with van der Waals surface area (Å²) in [5.74, 6) is -0.164. The van der Waals surface area contributed by atoms with Gasteiger partial charge in [0.15, 0.2) is 0 Å². The molecule has 1 aromatic rings. The highest BCUT2D eigenvalue weighted by Crippen LogP contribution is 2.01. The van der Waals surface area contributed by atoms with E-state index in [4.69, 9.17) is 0 Å². The van der Waals surface area contributed by atoms with E-state index in [0.29, 0.717) is 18.8 Å². The summed E-state index contributed by atoms with van der Waals surface area (Å²) in [7, 11) is 1.64. The fourth-order valence-corrected chi connectivity index (χ4v) is 1.96. The van der Waals surface area contributed by atoms with Crippen LogP contribution >= 0.6 is 12.4 Å². The van der Waals surface area contributed by atoms with Gasteiger partial charge in [0.25, 0.3) is 5.91 Å². The second-order valence-corrected chi connectivity index (χ2v) is 4.38. The largest absolute Gasteiger partial charge is 0.357 e. The van der Waals surface area contributed by atoms with Crippen LogP contribution in [0.15, 0.2) is 18.3 Å². The Bertz CT molecular complexity index is 415. The van der Waals surface area contributed by atoms with E-state index in [1.54, 1.807) is 30.3 Å². The predicted molar refractivity (Wildman–Crippen MR) is 74.5 cm³/mol. The summed E-state index contributed by atoms with van der Waals surface area (Å²) >= 11 is 0. The minimum Gasteiger partial charge on any atom is -0.357 e. The van der Waals surface area contributed by atoms with Gasteiger partial charge in [0, 0.05) is 39.4 Å². The number of amides is 2. The Hall–Kier alpha value is -1.53. The normalized spacial score (nSPS) is 14.7. The third-order valence-electron chi connectivity index (χ3n) is 3.02. The average Bonchev–Trinajstić information content (AvgIpc) is 2.92. The number of H-pyrrole nitrogens is 1. The number of aromatic amines is 1. The Morgan fingerprint density at radius 3 is 2.63 bits per heavy atom. The molecule has 1 aliphatic rings. The summed E-state index contributed by atoms with van der Waals surface area (Å²) in [4.78, 5) is 30.0. The lowest BCUT2D eigenvalue weighted by Gasteiger charge is -2.29. The van der Waals surface area contributed by atoms with E-state index in [0.717, 1.165) is 13.1 Å². The Morgan fingerprint density at radius 1 is 1.37 bits per heavy atom. The molecule has 0 unspecified atom stereocenters. The molecule has 0 aromatic carbocycles. The van der Waals surface area contributed by atoms with Gasteiger partial charge in [-0.1, -0.05) is 0 Å². The molecule has 0 atom stereocenters. The molecule has 1 aromatic heterocycles. The number of halogens is 1. The molecule has 2 heterocycles. The van der Waals surface area contributed by atoms with Crippen LogP contribution in [0.4, 0.5) is 0 Å². The van der Waals surface area contributed by atoms with Gasteiger partial charge in [-0.25, -0.2) is 0 Å². The molecular formula is C12H19ClN4O2. The smallest absolute Gasteiger partial charge is 0.270 e. The van der Waals surface area contributed by atoms with E-state index < -0.39 is 0 Å². The maximum atomic E-state index is 12.0. The lowest BCUT2D eigenvalue weighted by atomic mass is 10.3. The van der Waals surface area contributed by atoms with E-state index in [-0.39, 0.29) is 30.8 Å². The predicted octanol–water partition coefficient (Wildman–Crippen LogP) is -0.0597. The lowest BCUT2D eigenvalue weighted by molar-refractivity contribution is -0.132. The molecule has 2 N–H and O–H groups in total. The second-order valence-electron chi connectivity index (χ2n) is 4.38. The molecule has 19 heavy (non-hydrogen) atoms. The minimum absolute atomic E-state index is 0. The van der Waals surface area contributed by atoms with Crippen molar-refractivity contribution in [1.29, 1.82) is 0 Å². The van der Waals surface area contributed by atoms with Crippen molar-refractivity contribution < 1.29 is 9.59 Å². The number of rotatable bonds is 3.